The number of β-lactam (4-membered cyclic amide) rings is 1. The Balaban J connectivity index is 1.96. The number of nitrogens with one attached hydrogen (secondary N) is 1. The molecule has 0 aliphatic carbocycles. The summed E-state index contributed by atoms with van der Waals surface area (Å²) in [5.41, 5.74) is 0. The highest BCUT2D eigenvalue weighted by atomic mass is 16.4. The lowest BCUT2D eigenvalue weighted by molar-refractivity contribution is -0.137. The Hall–Kier alpha value is -1.06. The van der Waals surface area contributed by atoms with Crippen LogP contribution in [0.25, 0.3) is 0 Å². The zero-order valence-corrected chi connectivity index (χ0v) is 6.17. The van der Waals surface area contributed by atoms with Crippen LogP contribution >= 0.6 is 0 Å². The summed E-state index contributed by atoms with van der Waals surface area (Å²) >= 11 is 0. The van der Waals surface area contributed by atoms with Gasteiger partial charge in [-0.15, -0.1) is 0 Å². The molecule has 62 valence electrons. The van der Waals surface area contributed by atoms with E-state index in [0.717, 1.165) is 6.42 Å². The zero-order chi connectivity index (χ0) is 8.27. The van der Waals surface area contributed by atoms with Crippen molar-refractivity contribution in [2.75, 3.05) is 0 Å². The molecule has 1 amide bonds. The van der Waals surface area contributed by atoms with Gasteiger partial charge in [-0.25, -0.2) is 0 Å². The third-order valence-corrected chi connectivity index (χ3v) is 1.74. The molecule has 11 heavy (non-hydrogen) atoms. The van der Waals surface area contributed by atoms with E-state index in [4.69, 9.17) is 5.11 Å². The number of carboxylic acids is 1. The highest BCUT2D eigenvalue weighted by Crippen LogP contribution is 2.11. The number of carbonyl (C=O) groups excluding carboxylic acids is 1. The molecule has 1 rings (SSSR count). The van der Waals surface area contributed by atoms with Crippen LogP contribution in [0.4, 0.5) is 0 Å². The van der Waals surface area contributed by atoms with Crippen molar-refractivity contribution in [1.29, 1.82) is 0 Å². The molecule has 1 aliphatic rings. The van der Waals surface area contributed by atoms with E-state index >= 15 is 0 Å². The van der Waals surface area contributed by atoms with Crippen molar-refractivity contribution in [2.24, 2.45) is 0 Å². The summed E-state index contributed by atoms with van der Waals surface area (Å²) in [5, 5.41) is 11.0. The largest absolute Gasteiger partial charge is 0.481 e. The number of carboxylic acid groups (broad SMARTS) is 1. The van der Waals surface area contributed by atoms with E-state index < -0.39 is 5.97 Å². The van der Waals surface area contributed by atoms with Crippen LogP contribution in [0.1, 0.15) is 25.7 Å². The minimum absolute atomic E-state index is 0.0744. The molecule has 1 unspecified atom stereocenters. The molecular weight excluding hydrogens is 146 g/mol. The van der Waals surface area contributed by atoms with E-state index in [2.05, 4.69) is 5.32 Å². The molecule has 4 heteroatoms. The van der Waals surface area contributed by atoms with Gasteiger partial charge in [0, 0.05) is 18.9 Å². The van der Waals surface area contributed by atoms with Gasteiger partial charge in [-0.2, -0.15) is 0 Å². The molecule has 1 aliphatic heterocycles. The van der Waals surface area contributed by atoms with Gasteiger partial charge in [-0.1, -0.05) is 0 Å². The summed E-state index contributed by atoms with van der Waals surface area (Å²) in [7, 11) is 0. The fraction of sp³-hybridized carbons (Fsp3) is 0.714. The standard InChI is InChI=1S/C7H11NO3/c9-6-4-5(8-6)2-1-3-7(10)11/h5H,1-4H2,(H,8,9)(H,10,11). The molecule has 2 N–H and O–H groups in total. The summed E-state index contributed by atoms with van der Waals surface area (Å²) in [6.07, 6.45) is 2.21. The monoisotopic (exact) mass is 157 g/mol. The first kappa shape index (κ1) is 8.04. The minimum atomic E-state index is -0.768. The van der Waals surface area contributed by atoms with E-state index in [1.807, 2.05) is 0 Å². The van der Waals surface area contributed by atoms with Crippen molar-refractivity contribution >= 4 is 11.9 Å². The van der Waals surface area contributed by atoms with E-state index in [1.54, 1.807) is 0 Å². The van der Waals surface area contributed by atoms with Gasteiger partial charge in [0.15, 0.2) is 0 Å². The minimum Gasteiger partial charge on any atom is -0.481 e. The van der Waals surface area contributed by atoms with Crippen molar-refractivity contribution in [3.63, 3.8) is 0 Å². The van der Waals surface area contributed by atoms with Crippen LogP contribution in [0.2, 0.25) is 0 Å². The Labute approximate surface area is 64.6 Å². The topological polar surface area (TPSA) is 66.4 Å². The third kappa shape index (κ3) is 2.57. The molecule has 1 fully saturated rings. The predicted molar refractivity (Wildman–Crippen MR) is 38.0 cm³/mol. The van der Waals surface area contributed by atoms with Crippen LogP contribution in [0.3, 0.4) is 0 Å². The third-order valence-electron chi connectivity index (χ3n) is 1.74. The summed E-state index contributed by atoms with van der Waals surface area (Å²) in [6.45, 7) is 0. The Morgan fingerprint density at radius 1 is 1.73 bits per heavy atom. The highest BCUT2D eigenvalue weighted by Gasteiger charge is 2.24. The molecule has 0 bridgehead atoms. The van der Waals surface area contributed by atoms with Crippen LogP contribution < -0.4 is 5.32 Å². The van der Waals surface area contributed by atoms with Gasteiger partial charge >= 0.3 is 5.97 Å². The first-order valence-corrected chi connectivity index (χ1v) is 3.69. The average Bonchev–Trinajstić information content (AvgIpc) is 1.83. The van der Waals surface area contributed by atoms with E-state index in [1.165, 1.54) is 0 Å². The lowest BCUT2D eigenvalue weighted by Gasteiger charge is -2.26. The number of aliphatic carboxylic acids is 1. The maximum atomic E-state index is 10.4. The number of hydrogen-bond acceptors (Lipinski definition) is 2. The zero-order valence-electron chi connectivity index (χ0n) is 6.17. The van der Waals surface area contributed by atoms with Crippen LogP contribution in [0.5, 0.6) is 0 Å². The summed E-state index contributed by atoms with van der Waals surface area (Å²) < 4.78 is 0. The lowest BCUT2D eigenvalue weighted by atomic mass is 10.00. The Kier molecular flexibility index (Phi) is 2.46. The van der Waals surface area contributed by atoms with Gasteiger partial charge in [-0.05, 0) is 12.8 Å². The van der Waals surface area contributed by atoms with E-state index in [0.29, 0.717) is 12.8 Å². The highest BCUT2D eigenvalue weighted by molar-refractivity contribution is 5.82. The summed E-state index contributed by atoms with van der Waals surface area (Å²) in [6, 6.07) is 0.238. The Morgan fingerprint density at radius 2 is 2.36 bits per heavy atom. The molecule has 1 heterocycles. The van der Waals surface area contributed by atoms with Gasteiger partial charge in [-0.3, -0.25) is 9.59 Å². The first-order valence-electron chi connectivity index (χ1n) is 3.69. The van der Waals surface area contributed by atoms with Gasteiger partial charge < -0.3 is 10.4 Å². The maximum Gasteiger partial charge on any atom is 0.303 e. The molecule has 0 spiro atoms. The number of carbonyl (C=O) groups is 2. The smallest absolute Gasteiger partial charge is 0.303 e. The fourth-order valence-electron chi connectivity index (χ4n) is 1.10. The van der Waals surface area contributed by atoms with E-state index in [9.17, 15) is 9.59 Å². The van der Waals surface area contributed by atoms with Crippen molar-refractivity contribution in [2.45, 2.75) is 31.7 Å². The van der Waals surface area contributed by atoms with Gasteiger partial charge in [0.1, 0.15) is 0 Å². The molecule has 1 atom stereocenters. The molecule has 1 saturated heterocycles. The molecule has 0 saturated carbocycles. The molecule has 0 aromatic rings. The maximum absolute atomic E-state index is 10.4. The average molecular weight is 157 g/mol. The SMILES string of the molecule is O=C(O)CCCC1CC(=O)N1. The summed E-state index contributed by atoms with van der Waals surface area (Å²) in [5.74, 6) is -0.694. The van der Waals surface area contributed by atoms with Gasteiger partial charge in [0.05, 0.1) is 0 Å². The fourth-order valence-corrected chi connectivity index (χ4v) is 1.10. The quantitative estimate of drug-likeness (QED) is 0.570. The van der Waals surface area contributed by atoms with Crippen molar-refractivity contribution in [3.8, 4) is 0 Å². The Bertz CT molecular complexity index is 171. The number of amides is 1. The molecule has 0 radical (unpaired) electrons. The Morgan fingerprint density at radius 3 is 2.82 bits per heavy atom. The normalized spacial score (nSPS) is 22.2. The first-order chi connectivity index (χ1) is 5.18. The van der Waals surface area contributed by atoms with Crippen molar-refractivity contribution < 1.29 is 14.7 Å². The summed E-state index contributed by atoms with van der Waals surface area (Å²) in [4.78, 5) is 20.4. The molecular formula is C7H11NO3. The van der Waals surface area contributed by atoms with Crippen LogP contribution in [-0.2, 0) is 9.59 Å². The number of rotatable bonds is 4. The lowest BCUT2D eigenvalue weighted by Crippen LogP contribution is -2.48. The van der Waals surface area contributed by atoms with Gasteiger partial charge in [0.25, 0.3) is 0 Å². The van der Waals surface area contributed by atoms with Crippen LogP contribution in [0.15, 0.2) is 0 Å². The molecule has 0 aromatic carbocycles. The number of hydrogen-bond donors (Lipinski definition) is 2. The molecule has 0 aromatic heterocycles. The second kappa shape index (κ2) is 3.37. The molecule has 4 nitrogen and oxygen atoms in total. The van der Waals surface area contributed by atoms with Crippen LogP contribution in [-0.4, -0.2) is 23.0 Å². The van der Waals surface area contributed by atoms with E-state index in [-0.39, 0.29) is 18.4 Å². The van der Waals surface area contributed by atoms with Gasteiger partial charge in [0.2, 0.25) is 5.91 Å². The van der Waals surface area contributed by atoms with Crippen LogP contribution in [0, 0.1) is 0 Å². The predicted octanol–water partition coefficient (Wildman–Crippen LogP) is 0.130. The van der Waals surface area contributed by atoms with Crippen molar-refractivity contribution in [3.05, 3.63) is 0 Å². The second-order valence-electron chi connectivity index (χ2n) is 2.75. The second-order valence-corrected chi connectivity index (χ2v) is 2.75. The van der Waals surface area contributed by atoms with Crippen molar-refractivity contribution in [1.82, 2.24) is 5.32 Å².